The van der Waals surface area contributed by atoms with Crippen LogP contribution in [0.5, 0.6) is 0 Å². The maximum absolute atomic E-state index is 4.74. The molecule has 0 amide bonds. The second-order valence-corrected chi connectivity index (χ2v) is 6.65. The zero-order chi connectivity index (χ0) is 15.2. The SMILES string of the molecule is CCCCCN(C)c1ccc(CNC(C)(C)C)c(C)n1. The molecule has 1 rings (SSSR count). The number of aromatic nitrogens is 1. The van der Waals surface area contributed by atoms with Gasteiger partial charge in [0, 0.05) is 31.4 Å². The third kappa shape index (κ3) is 5.91. The number of pyridine rings is 1. The Morgan fingerprint density at radius 1 is 1.20 bits per heavy atom. The fourth-order valence-corrected chi connectivity index (χ4v) is 2.05. The Hall–Kier alpha value is -1.09. The molecular weight excluding hydrogens is 246 g/mol. The van der Waals surface area contributed by atoms with Crippen molar-refractivity contribution >= 4 is 5.82 Å². The maximum Gasteiger partial charge on any atom is 0.128 e. The van der Waals surface area contributed by atoms with Crippen LogP contribution in [0, 0.1) is 6.92 Å². The van der Waals surface area contributed by atoms with E-state index >= 15 is 0 Å². The number of nitrogens with one attached hydrogen (secondary N) is 1. The highest BCUT2D eigenvalue weighted by Crippen LogP contribution is 2.15. The van der Waals surface area contributed by atoms with Crippen molar-refractivity contribution in [3.8, 4) is 0 Å². The number of unbranched alkanes of at least 4 members (excludes halogenated alkanes) is 2. The molecule has 1 heterocycles. The van der Waals surface area contributed by atoms with Crippen molar-refractivity contribution in [2.24, 2.45) is 0 Å². The van der Waals surface area contributed by atoms with Gasteiger partial charge in [0.15, 0.2) is 0 Å². The number of anilines is 1. The third-order valence-corrected chi connectivity index (χ3v) is 3.48. The fraction of sp³-hybridized carbons (Fsp3) is 0.706. The Balaban J connectivity index is 2.62. The minimum atomic E-state index is 0.141. The second kappa shape index (κ2) is 7.63. The summed E-state index contributed by atoms with van der Waals surface area (Å²) in [4.78, 5) is 6.99. The van der Waals surface area contributed by atoms with Gasteiger partial charge in [-0.3, -0.25) is 0 Å². The molecule has 0 fully saturated rings. The monoisotopic (exact) mass is 277 g/mol. The zero-order valence-corrected chi connectivity index (χ0v) is 14.1. The van der Waals surface area contributed by atoms with Crippen molar-refractivity contribution in [3.05, 3.63) is 23.4 Å². The number of hydrogen-bond acceptors (Lipinski definition) is 3. The average molecular weight is 277 g/mol. The van der Waals surface area contributed by atoms with Gasteiger partial charge in [-0.05, 0) is 45.7 Å². The molecule has 20 heavy (non-hydrogen) atoms. The van der Waals surface area contributed by atoms with Crippen molar-refractivity contribution < 1.29 is 0 Å². The summed E-state index contributed by atoms with van der Waals surface area (Å²) in [6.45, 7) is 12.9. The maximum atomic E-state index is 4.74. The van der Waals surface area contributed by atoms with E-state index in [9.17, 15) is 0 Å². The quantitative estimate of drug-likeness (QED) is 0.766. The minimum absolute atomic E-state index is 0.141. The van der Waals surface area contributed by atoms with Crippen LogP contribution in [0.4, 0.5) is 5.82 Å². The van der Waals surface area contributed by atoms with Gasteiger partial charge in [-0.1, -0.05) is 25.8 Å². The van der Waals surface area contributed by atoms with Crippen LogP contribution < -0.4 is 10.2 Å². The summed E-state index contributed by atoms with van der Waals surface area (Å²) in [5.41, 5.74) is 2.55. The van der Waals surface area contributed by atoms with Gasteiger partial charge in [0.25, 0.3) is 0 Å². The number of aryl methyl sites for hydroxylation is 1. The van der Waals surface area contributed by atoms with Gasteiger partial charge in [0.1, 0.15) is 5.82 Å². The zero-order valence-electron chi connectivity index (χ0n) is 14.1. The number of hydrogen-bond donors (Lipinski definition) is 1. The van der Waals surface area contributed by atoms with Crippen molar-refractivity contribution in [1.82, 2.24) is 10.3 Å². The first-order valence-electron chi connectivity index (χ1n) is 7.76. The topological polar surface area (TPSA) is 28.2 Å². The second-order valence-electron chi connectivity index (χ2n) is 6.65. The van der Waals surface area contributed by atoms with E-state index in [2.05, 4.69) is 64.0 Å². The Kier molecular flexibility index (Phi) is 6.47. The van der Waals surface area contributed by atoms with E-state index in [1.165, 1.54) is 24.8 Å². The molecule has 0 saturated heterocycles. The Morgan fingerprint density at radius 3 is 2.45 bits per heavy atom. The summed E-state index contributed by atoms with van der Waals surface area (Å²) in [5.74, 6) is 1.08. The lowest BCUT2D eigenvalue weighted by Crippen LogP contribution is -2.35. The molecule has 0 unspecified atom stereocenters. The van der Waals surface area contributed by atoms with E-state index in [0.29, 0.717) is 0 Å². The third-order valence-electron chi connectivity index (χ3n) is 3.48. The number of rotatable bonds is 7. The standard InChI is InChI=1S/C17H31N3/c1-7-8-9-12-20(6)16-11-10-15(14(2)19-16)13-18-17(3,4)5/h10-11,18H,7-9,12-13H2,1-6H3. The molecule has 0 saturated carbocycles. The van der Waals surface area contributed by atoms with Gasteiger partial charge < -0.3 is 10.2 Å². The van der Waals surface area contributed by atoms with Crippen LogP contribution in [0.1, 0.15) is 58.2 Å². The predicted octanol–water partition coefficient (Wildman–Crippen LogP) is 3.90. The van der Waals surface area contributed by atoms with Gasteiger partial charge in [0.2, 0.25) is 0 Å². The van der Waals surface area contributed by atoms with Crippen LogP contribution in [0.15, 0.2) is 12.1 Å². The molecule has 0 bridgehead atoms. The lowest BCUT2D eigenvalue weighted by Gasteiger charge is -2.22. The van der Waals surface area contributed by atoms with Crippen LogP contribution >= 0.6 is 0 Å². The van der Waals surface area contributed by atoms with Gasteiger partial charge >= 0.3 is 0 Å². The largest absolute Gasteiger partial charge is 0.360 e. The summed E-state index contributed by atoms with van der Waals surface area (Å²) < 4.78 is 0. The van der Waals surface area contributed by atoms with Crippen LogP contribution in [-0.2, 0) is 6.54 Å². The molecule has 0 aliphatic rings. The first kappa shape index (κ1) is 17.0. The van der Waals surface area contributed by atoms with Crippen LogP contribution in [0.2, 0.25) is 0 Å². The molecular formula is C17H31N3. The molecule has 114 valence electrons. The molecule has 3 heteroatoms. The summed E-state index contributed by atoms with van der Waals surface area (Å²) in [7, 11) is 2.13. The van der Waals surface area contributed by atoms with Crippen molar-refractivity contribution in [2.45, 2.75) is 66.0 Å². The summed E-state index contributed by atoms with van der Waals surface area (Å²) >= 11 is 0. The Morgan fingerprint density at radius 2 is 1.90 bits per heavy atom. The Bertz CT molecular complexity index is 407. The molecule has 1 aromatic heterocycles. The predicted molar refractivity (Wildman–Crippen MR) is 88.4 cm³/mol. The fourth-order valence-electron chi connectivity index (χ4n) is 2.05. The minimum Gasteiger partial charge on any atom is -0.360 e. The van der Waals surface area contributed by atoms with E-state index in [0.717, 1.165) is 24.6 Å². The van der Waals surface area contributed by atoms with Crippen molar-refractivity contribution in [3.63, 3.8) is 0 Å². The number of nitrogens with zero attached hydrogens (tertiary/aromatic N) is 2. The average Bonchev–Trinajstić information content (AvgIpc) is 2.36. The van der Waals surface area contributed by atoms with E-state index < -0.39 is 0 Å². The van der Waals surface area contributed by atoms with Gasteiger partial charge in [-0.2, -0.15) is 0 Å². The molecule has 0 aliphatic carbocycles. The molecule has 0 aliphatic heterocycles. The van der Waals surface area contributed by atoms with Crippen LogP contribution in [-0.4, -0.2) is 24.1 Å². The first-order chi connectivity index (χ1) is 9.33. The van der Waals surface area contributed by atoms with E-state index in [1.807, 2.05) is 0 Å². The highest BCUT2D eigenvalue weighted by molar-refractivity contribution is 5.40. The molecule has 0 atom stereocenters. The van der Waals surface area contributed by atoms with E-state index in [-0.39, 0.29) is 5.54 Å². The molecule has 3 nitrogen and oxygen atoms in total. The molecule has 1 N–H and O–H groups in total. The molecule has 0 radical (unpaired) electrons. The van der Waals surface area contributed by atoms with Gasteiger partial charge in [0.05, 0.1) is 0 Å². The van der Waals surface area contributed by atoms with Crippen LogP contribution in [0.3, 0.4) is 0 Å². The summed E-state index contributed by atoms with van der Waals surface area (Å²) in [6.07, 6.45) is 3.79. The first-order valence-corrected chi connectivity index (χ1v) is 7.76. The van der Waals surface area contributed by atoms with Crippen LogP contribution in [0.25, 0.3) is 0 Å². The summed E-state index contributed by atoms with van der Waals surface area (Å²) in [6, 6.07) is 4.34. The molecule has 1 aromatic rings. The van der Waals surface area contributed by atoms with E-state index in [1.54, 1.807) is 0 Å². The highest BCUT2D eigenvalue weighted by atomic mass is 15.2. The lowest BCUT2D eigenvalue weighted by molar-refractivity contribution is 0.423. The molecule has 0 spiro atoms. The smallest absolute Gasteiger partial charge is 0.128 e. The van der Waals surface area contributed by atoms with E-state index in [4.69, 9.17) is 4.98 Å². The van der Waals surface area contributed by atoms with Crippen molar-refractivity contribution in [2.75, 3.05) is 18.5 Å². The lowest BCUT2D eigenvalue weighted by atomic mass is 10.1. The van der Waals surface area contributed by atoms with Gasteiger partial charge in [-0.15, -0.1) is 0 Å². The summed E-state index contributed by atoms with van der Waals surface area (Å²) in [5, 5.41) is 3.52. The van der Waals surface area contributed by atoms with Gasteiger partial charge in [-0.25, -0.2) is 4.98 Å². The normalized spacial score (nSPS) is 11.7. The Labute approximate surface area is 124 Å². The van der Waals surface area contributed by atoms with Crippen molar-refractivity contribution in [1.29, 1.82) is 0 Å². The highest BCUT2D eigenvalue weighted by Gasteiger charge is 2.11. The molecule has 0 aromatic carbocycles.